The first kappa shape index (κ1) is 18.0. The normalized spacial score (nSPS) is 26.4. The summed E-state index contributed by atoms with van der Waals surface area (Å²) >= 11 is 0. The van der Waals surface area contributed by atoms with Gasteiger partial charge in [0.15, 0.2) is 0 Å². The highest BCUT2D eigenvalue weighted by Gasteiger charge is 2.29. The summed E-state index contributed by atoms with van der Waals surface area (Å²) in [7, 11) is 0. The molecule has 0 spiro atoms. The lowest BCUT2D eigenvalue weighted by Crippen LogP contribution is -2.57. The SMILES string of the molecule is CCCC(C)CN1CC(CC(C)C)NCC1CC(C)C. The third kappa shape index (κ3) is 6.58. The molecule has 0 radical (unpaired) electrons. The maximum absolute atomic E-state index is 3.80. The van der Waals surface area contributed by atoms with Gasteiger partial charge in [0, 0.05) is 31.7 Å². The summed E-state index contributed by atoms with van der Waals surface area (Å²) in [5.41, 5.74) is 0. The number of hydrogen-bond acceptors (Lipinski definition) is 2. The van der Waals surface area contributed by atoms with E-state index in [4.69, 9.17) is 0 Å². The highest BCUT2D eigenvalue weighted by atomic mass is 15.2. The molecule has 0 saturated carbocycles. The summed E-state index contributed by atoms with van der Waals surface area (Å²) in [5.74, 6) is 2.43. The molecule has 1 aliphatic rings. The number of nitrogens with one attached hydrogen (secondary N) is 1. The van der Waals surface area contributed by atoms with E-state index in [2.05, 4.69) is 51.8 Å². The molecule has 3 unspecified atom stereocenters. The summed E-state index contributed by atoms with van der Waals surface area (Å²) in [6.07, 6.45) is 5.33. The Kier molecular flexibility index (Phi) is 8.13. The van der Waals surface area contributed by atoms with Crippen molar-refractivity contribution in [1.29, 1.82) is 0 Å². The van der Waals surface area contributed by atoms with E-state index in [1.807, 2.05) is 0 Å². The minimum atomic E-state index is 0.701. The van der Waals surface area contributed by atoms with Gasteiger partial charge in [-0.3, -0.25) is 4.90 Å². The van der Waals surface area contributed by atoms with Crippen LogP contribution in [-0.2, 0) is 0 Å². The Bertz CT molecular complexity index is 250. The zero-order valence-corrected chi connectivity index (χ0v) is 14.8. The fourth-order valence-corrected chi connectivity index (χ4v) is 3.64. The van der Waals surface area contributed by atoms with E-state index in [9.17, 15) is 0 Å². The molecule has 1 aliphatic heterocycles. The fourth-order valence-electron chi connectivity index (χ4n) is 3.64. The van der Waals surface area contributed by atoms with E-state index in [-0.39, 0.29) is 0 Å². The average molecular weight is 283 g/mol. The molecule has 0 aromatic rings. The lowest BCUT2D eigenvalue weighted by molar-refractivity contribution is 0.0907. The molecular formula is C18H38N2. The van der Waals surface area contributed by atoms with Gasteiger partial charge >= 0.3 is 0 Å². The third-order valence-electron chi connectivity index (χ3n) is 4.44. The van der Waals surface area contributed by atoms with Crippen molar-refractivity contribution in [2.75, 3.05) is 19.6 Å². The zero-order valence-electron chi connectivity index (χ0n) is 14.8. The van der Waals surface area contributed by atoms with E-state index < -0.39 is 0 Å². The number of rotatable bonds is 8. The molecule has 2 heteroatoms. The molecule has 1 N–H and O–H groups in total. The predicted octanol–water partition coefficient (Wildman–Crippen LogP) is 4.16. The van der Waals surface area contributed by atoms with Crippen LogP contribution in [0.25, 0.3) is 0 Å². The number of nitrogens with zero attached hydrogens (tertiary/aromatic N) is 1. The second-order valence-electron chi connectivity index (χ2n) is 7.87. The van der Waals surface area contributed by atoms with Gasteiger partial charge in [0.05, 0.1) is 0 Å². The van der Waals surface area contributed by atoms with Crippen molar-refractivity contribution in [3.63, 3.8) is 0 Å². The molecule has 0 bridgehead atoms. The molecule has 2 nitrogen and oxygen atoms in total. The van der Waals surface area contributed by atoms with Crippen molar-refractivity contribution in [3.05, 3.63) is 0 Å². The zero-order chi connectivity index (χ0) is 15.1. The van der Waals surface area contributed by atoms with Crippen LogP contribution >= 0.6 is 0 Å². The molecule has 1 rings (SSSR count). The van der Waals surface area contributed by atoms with Gasteiger partial charge in [0.25, 0.3) is 0 Å². The number of piperazine rings is 1. The molecule has 0 aliphatic carbocycles. The molecule has 1 saturated heterocycles. The fraction of sp³-hybridized carbons (Fsp3) is 1.00. The van der Waals surface area contributed by atoms with Crippen LogP contribution in [0.1, 0.15) is 67.2 Å². The van der Waals surface area contributed by atoms with Crippen molar-refractivity contribution in [2.45, 2.75) is 79.3 Å². The van der Waals surface area contributed by atoms with Gasteiger partial charge in [0.1, 0.15) is 0 Å². The van der Waals surface area contributed by atoms with Gasteiger partial charge in [-0.1, -0.05) is 48.0 Å². The van der Waals surface area contributed by atoms with E-state index in [1.54, 1.807) is 0 Å². The largest absolute Gasteiger partial charge is 0.311 e. The van der Waals surface area contributed by atoms with Crippen molar-refractivity contribution >= 4 is 0 Å². The highest BCUT2D eigenvalue weighted by Crippen LogP contribution is 2.20. The van der Waals surface area contributed by atoms with Crippen LogP contribution < -0.4 is 5.32 Å². The van der Waals surface area contributed by atoms with Crippen molar-refractivity contribution < 1.29 is 0 Å². The molecule has 1 fully saturated rings. The Hall–Kier alpha value is -0.0800. The van der Waals surface area contributed by atoms with Crippen LogP contribution in [0.15, 0.2) is 0 Å². The second kappa shape index (κ2) is 9.04. The first-order valence-corrected chi connectivity index (χ1v) is 8.89. The molecular weight excluding hydrogens is 244 g/mol. The molecule has 120 valence electrons. The highest BCUT2D eigenvalue weighted by molar-refractivity contribution is 4.87. The maximum atomic E-state index is 3.80. The van der Waals surface area contributed by atoms with Gasteiger partial charge in [-0.2, -0.15) is 0 Å². The molecule has 20 heavy (non-hydrogen) atoms. The Labute approximate surface area is 127 Å². The Morgan fingerprint density at radius 2 is 1.70 bits per heavy atom. The van der Waals surface area contributed by atoms with Gasteiger partial charge in [-0.25, -0.2) is 0 Å². The van der Waals surface area contributed by atoms with Gasteiger partial charge in [-0.15, -0.1) is 0 Å². The standard InChI is InChI=1S/C18H38N2/c1-7-8-16(6)12-20-13-17(9-14(2)3)19-11-18(20)10-15(4)5/h14-19H,7-13H2,1-6H3. The Morgan fingerprint density at radius 3 is 2.25 bits per heavy atom. The lowest BCUT2D eigenvalue weighted by Gasteiger charge is -2.43. The van der Waals surface area contributed by atoms with Gasteiger partial charge in [-0.05, 0) is 37.0 Å². The van der Waals surface area contributed by atoms with Crippen LogP contribution in [0.3, 0.4) is 0 Å². The van der Waals surface area contributed by atoms with Crippen LogP contribution in [0.5, 0.6) is 0 Å². The molecule has 0 aromatic carbocycles. The van der Waals surface area contributed by atoms with Gasteiger partial charge < -0.3 is 5.32 Å². The summed E-state index contributed by atoms with van der Waals surface area (Å²) in [4.78, 5) is 2.80. The Morgan fingerprint density at radius 1 is 1.05 bits per heavy atom. The first-order valence-electron chi connectivity index (χ1n) is 8.89. The monoisotopic (exact) mass is 282 g/mol. The summed E-state index contributed by atoms with van der Waals surface area (Å²) in [5, 5.41) is 3.80. The summed E-state index contributed by atoms with van der Waals surface area (Å²) < 4.78 is 0. The third-order valence-corrected chi connectivity index (χ3v) is 4.44. The van der Waals surface area contributed by atoms with Crippen LogP contribution in [-0.4, -0.2) is 36.6 Å². The predicted molar refractivity (Wildman–Crippen MR) is 90.1 cm³/mol. The van der Waals surface area contributed by atoms with Crippen LogP contribution in [0.2, 0.25) is 0 Å². The van der Waals surface area contributed by atoms with Crippen LogP contribution in [0.4, 0.5) is 0 Å². The molecule has 3 atom stereocenters. The summed E-state index contributed by atoms with van der Waals surface area (Å²) in [6.45, 7) is 17.9. The van der Waals surface area contributed by atoms with Crippen molar-refractivity contribution in [3.8, 4) is 0 Å². The van der Waals surface area contributed by atoms with Crippen molar-refractivity contribution in [1.82, 2.24) is 10.2 Å². The minimum Gasteiger partial charge on any atom is -0.311 e. The number of hydrogen-bond donors (Lipinski definition) is 1. The smallest absolute Gasteiger partial charge is 0.0223 e. The first-order chi connectivity index (χ1) is 9.42. The van der Waals surface area contributed by atoms with E-state index in [0.717, 1.165) is 23.8 Å². The van der Waals surface area contributed by atoms with E-state index in [0.29, 0.717) is 6.04 Å². The Balaban J connectivity index is 2.57. The van der Waals surface area contributed by atoms with Crippen molar-refractivity contribution in [2.24, 2.45) is 17.8 Å². The van der Waals surface area contributed by atoms with E-state index >= 15 is 0 Å². The van der Waals surface area contributed by atoms with Crippen LogP contribution in [0, 0.1) is 17.8 Å². The minimum absolute atomic E-state index is 0.701. The topological polar surface area (TPSA) is 15.3 Å². The maximum Gasteiger partial charge on any atom is 0.0223 e. The molecule has 1 heterocycles. The second-order valence-corrected chi connectivity index (χ2v) is 7.87. The van der Waals surface area contributed by atoms with Gasteiger partial charge in [0.2, 0.25) is 0 Å². The molecule has 0 amide bonds. The lowest BCUT2D eigenvalue weighted by atomic mass is 9.94. The van der Waals surface area contributed by atoms with E-state index in [1.165, 1.54) is 45.3 Å². The average Bonchev–Trinajstić information content (AvgIpc) is 2.31. The molecule has 0 aromatic heterocycles. The summed E-state index contributed by atoms with van der Waals surface area (Å²) in [6, 6.07) is 1.45. The quantitative estimate of drug-likeness (QED) is 0.719.